The molecule has 2 saturated heterocycles. The van der Waals surface area contributed by atoms with Crippen molar-refractivity contribution in [2.45, 2.75) is 32.0 Å². The van der Waals surface area contributed by atoms with Gasteiger partial charge in [-0.15, -0.1) is 10.2 Å². The van der Waals surface area contributed by atoms with Crippen LogP contribution in [0, 0.1) is 6.92 Å². The summed E-state index contributed by atoms with van der Waals surface area (Å²) in [5, 5.41) is 11.2. The molecule has 1 amide bonds. The number of anilines is 2. The smallest absolute Gasteiger partial charge is 0.229 e. The minimum absolute atomic E-state index is 0.0990. The molecule has 0 atom stereocenters. The normalized spacial score (nSPS) is 18.6. The van der Waals surface area contributed by atoms with Crippen molar-refractivity contribution >= 4 is 17.5 Å². The number of aryl methyl sites for hydroxylation is 1. The molecule has 2 aromatic rings. The molecular formula is C20H24N4O3. The van der Waals surface area contributed by atoms with Gasteiger partial charge >= 0.3 is 0 Å². The Bertz CT molecular complexity index is 793. The van der Waals surface area contributed by atoms with Gasteiger partial charge in [-0.3, -0.25) is 4.79 Å². The number of nitrogens with zero attached hydrogens (tertiary/aromatic N) is 3. The van der Waals surface area contributed by atoms with Gasteiger partial charge in [0.2, 0.25) is 5.91 Å². The molecule has 2 fully saturated rings. The van der Waals surface area contributed by atoms with Crippen LogP contribution in [0.5, 0.6) is 0 Å². The molecule has 2 aliphatic rings. The molecule has 0 radical (unpaired) electrons. The lowest BCUT2D eigenvalue weighted by Gasteiger charge is -2.37. The van der Waals surface area contributed by atoms with E-state index in [1.807, 2.05) is 37.3 Å². The van der Waals surface area contributed by atoms with Crippen LogP contribution in [0.1, 0.15) is 24.0 Å². The molecule has 7 nitrogen and oxygen atoms in total. The Morgan fingerprint density at radius 3 is 2.59 bits per heavy atom. The molecule has 3 heterocycles. The van der Waals surface area contributed by atoms with Gasteiger partial charge in [-0.05, 0) is 24.6 Å². The summed E-state index contributed by atoms with van der Waals surface area (Å²) in [5.41, 5.74) is 2.12. The third-order valence-electron chi connectivity index (χ3n) is 5.03. The summed E-state index contributed by atoms with van der Waals surface area (Å²) < 4.78 is 11.5. The van der Waals surface area contributed by atoms with Crippen LogP contribution < -0.4 is 10.2 Å². The quantitative estimate of drug-likeness (QED) is 0.892. The first-order valence-corrected chi connectivity index (χ1v) is 9.34. The molecule has 4 rings (SSSR count). The van der Waals surface area contributed by atoms with E-state index in [1.54, 1.807) is 6.07 Å². The molecule has 1 N–H and O–H groups in total. The van der Waals surface area contributed by atoms with Crippen molar-refractivity contribution in [3.63, 3.8) is 0 Å². The Hall–Kier alpha value is -2.51. The number of carbonyl (C=O) groups is 1. The van der Waals surface area contributed by atoms with Gasteiger partial charge in [0.25, 0.3) is 0 Å². The molecule has 1 aromatic carbocycles. The topological polar surface area (TPSA) is 76.6 Å². The van der Waals surface area contributed by atoms with Crippen LogP contribution in [0.15, 0.2) is 36.4 Å². The van der Waals surface area contributed by atoms with E-state index >= 15 is 0 Å². The van der Waals surface area contributed by atoms with Crippen LogP contribution in [0.25, 0.3) is 0 Å². The lowest BCUT2D eigenvalue weighted by Crippen LogP contribution is -2.45. The van der Waals surface area contributed by atoms with Gasteiger partial charge in [-0.25, -0.2) is 0 Å². The van der Waals surface area contributed by atoms with E-state index in [1.165, 1.54) is 0 Å². The summed E-state index contributed by atoms with van der Waals surface area (Å²) in [6.45, 7) is 4.99. The van der Waals surface area contributed by atoms with E-state index < -0.39 is 5.79 Å². The summed E-state index contributed by atoms with van der Waals surface area (Å²) in [4.78, 5) is 14.4. The van der Waals surface area contributed by atoms with E-state index in [4.69, 9.17) is 9.47 Å². The standard InChI is InChI=1S/C20H24N4O3/c1-15-3-2-4-16(13-15)14-19(25)21-17-5-6-18(23-22-17)24-9-7-20(8-10-24)26-11-12-27-20/h2-6,13H,7-12,14H2,1H3,(H,21,22,25). The second-order valence-electron chi connectivity index (χ2n) is 7.09. The number of aromatic nitrogens is 2. The molecule has 7 heteroatoms. The van der Waals surface area contributed by atoms with Gasteiger partial charge in [-0.2, -0.15) is 0 Å². The third kappa shape index (κ3) is 4.26. The predicted octanol–water partition coefficient (Wildman–Crippen LogP) is 2.31. The molecule has 0 unspecified atom stereocenters. The van der Waals surface area contributed by atoms with Crippen molar-refractivity contribution < 1.29 is 14.3 Å². The van der Waals surface area contributed by atoms with Crippen LogP contribution in [0.2, 0.25) is 0 Å². The number of amides is 1. The summed E-state index contributed by atoms with van der Waals surface area (Å²) in [7, 11) is 0. The van der Waals surface area contributed by atoms with E-state index in [0.29, 0.717) is 25.5 Å². The van der Waals surface area contributed by atoms with E-state index in [9.17, 15) is 4.79 Å². The Kier molecular flexibility index (Phi) is 5.05. The SMILES string of the molecule is Cc1cccc(CC(=O)Nc2ccc(N3CCC4(CC3)OCCO4)nn2)c1. The molecule has 0 bridgehead atoms. The highest BCUT2D eigenvalue weighted by molar-refractivity contribution is 5.91. The van der Waals surface area contributed by atoms with Crippen LogP contribution in [0.3, 0.4) is 0 Å². The van der Waals surface area contributed by atoms with Crippen molar-refractivity contribution in [3.05, 3.63) is 47.5 Å². The summed E-state index contributed by atoms with van der Waals surface area (Å²) in [5.74, 6) is 0.776. The number of carbonyl (C=O) groups excluding carboxylic acids is 1. The highest BCUT2D eigenvalue weighted by Crippen LogP contribution is 2.32. The largest absolute Gasteiger partial charge is 0.355 e. The monoisotopic (exact) mass is 368 g/mol. The zero-order valence-corrected chi connectivity index (χ0v) is 15.5. The number of hydrogen-bond acceptors (Lipinski definition) is 6. The first-order chi connectivity index (χ1) is 13.1. The van der Waals surface area contributed by atoms with E-state index in [-0.39, 0.29) is 5.91 Å². The van der Waals surface area contributed by atoms with Gasteiger partial charge in [-0.1, -0.05) is 29.8 Å². The molecule has 2 aliphatic heterocycles. The zero-order valence-electron chi connectivity index (χ0n) is 15.5. The molecule has 0 saturated carbocycles. The van der Waals surface area contributed by atoms with Crippen molar-refractivity contribution in [1.82, 2.24) is 10.2 Å². The number of piperidine rings is 1. The van der Waals surface area contributed by atoms with Crippen LogP contribution >= 0.6 is 0 Å². The van der Waals surface area contributed by atoms with Gasteiger partial charge in [0.15, 0.2) is 17.4 Å². The predicted molar refractivity (Wildman–Crippen MR) is 102 cm³/mol. The second-order valence-corrected chi connectivity index (χ2v) is 7.09. The number of hydrogen-bond donors (Lipinski definition) is 1. The van der Waals surface area contributed by atoms with Gasteiger partial charge in [0.1, 0.15) is 0 Å². The van der Waals surface area contributed by atoms with Gasteiger partial charge in [0.05, 0.1) is 19.6 Å². The maximum atomic E-state index is 12.2. The molecule has 1 aromatic heterocycles. The Morgan fingerprint density at radius 1 is 1.15 bits per heavy atom. The fourth-order valence-electron chi connectivity index (χ4n) is 3.62. The lowest BCUT2D eigenvalue weighted by atomic mass is 10.0. The lowest BCUT2D eigenvalue weighted by molar-refractivity contribution is -0.169. The van der Waals surface area contributed by atoms with Gasteiger partial charge < -0.3 is 19.7 Å². The Balaban J connectivity index is 1.32. The minimum Gasteiger partial charge on any atom is -0.355 e. The average molecular weight is 368 g/mol. The second kappa shape index (κ2) is 7.62. The van der Waals surface area contributed by atoms with E-state index in [2.05, 4.69) is 20.4 Å². The average Bonchev–Trinajstić information content (AvgIpc) is 3.11. The van der Waals surface area contributed by atoms with Crippen molar-refractivity contribution in [2.24, 2.45) is 0 Å². The number of benzene rings is 1. The summed E-state index contributed by atoms with van der Waals surface area (Å²) in [6.07, 6.45) is 1.96. The fraction of sp³-hybridized carbons (Fsp3) is 0.450. The maximum absolute atomic E-state index is 12.2. The molecule has 0 aliphatic carbocycles. The molecular weight excluding hydrogens is 344 g/mol. The molecule has 142 valence electrons. The number of ether oxygens (including phenoxy) is 2. The number of rotatable bonds is 4. The van der Waals surface area contributed by atoms with Crippen LogP contribution in [-0.4, -0.2) is 48.2 Å². The fourth-order valence-corrected chi connectivity index (χ4v) is 3.62. The first kappa shape index (κ1) is 17.9. The zero-order chi connectivity index (χ0) is 18.7. The minimum atomic E-state index is -0.395. The van der Waals surface area contributed by atoms with Crippen LogP contribution in [0.4, 0.5) is 11.6 Å². The third-order valence-corrected chi connectivity index (χ3v) is 5.03. The molecule has 27 heavy (non-hydrogen) atoms. The highest BCUT2D eigenvalue weighted by atomic mass is 16.7. The van der Waals surface area contributed by atoms with Crippen molar-refractivity contribution in [2.75, 3.05) is 36.5 Å². The summed E-state index contributed by atoms with van der Waals surface area (Å²) in [6, 6.07) is 11.6. The van der Waals surface area contributed by atoms with E-state index in [0.717, 1.165) is 42.9 Å². The first-order valence-electron chi connectivity index (χ1n) is 9.34. The summed E-state index contributed by atoms with van der Waals surface area (Å²) >= 11 is 0. The highest BCUT2D eigenvalue weighted by Gasteiger charge is 2.40. The van der Waals surface area contributed by atoms with Crippen molar-refractivity contribution in [3.8, 4) is 0 Å². The Morgan fingerprint density at radius 2 is 1.93 bits per heavy atom. The maximum Gasteiger partial charge on any atom is 0.229 e. The van der Waals surface area contributed by atoms with Crippen LogP contribution in [-0.2, 0) is 20.7 Å². The van der Waals surface area contributed by atoms with Gasteiger partial charge in [0, 0.05) is 25.9 Å². The Labute approximate surface area is 158 Å². The molecule has 1 spiro atoms. The number of nitrogens with one attached hydrogen (secondary N) is 1. The van der Waals surface area contributed by atoms with Crippen molar-refractivity contribution in [1.29, 1.82) is 0 Å².